The van der Waals surface area contributed by atoms with Crippen molar-refractivity contribution in [2.45, 2.75) is 38.4 Å². The van der Waals surface area contributed by atoms with E-state index >= 15 is 0 Å². The predicted molar refractivity (Wildman–Crippen MR) is 76.6 cm³/mol. The molecule has 0 aliphatic carbocycles. The van der Waals surface area contributed by atoms with E-state index in [1.165, 1.54) is 51.0 Å². The number of nitrogens with zero attached hydrogens (tertiary/aromatic N) is 3. The zero-order valence-electron chi connectivity index (χ0n) is 11.6. The van der Waals surface area contributed by atoms with Gasteiger partial charge in [0.25, 0.3) is 0 Å². The van der Waals surface area contributed by atoms with Crippen molar-refractivity contribution in [3.63, 3.8) is 0 Å². The monoisotopic (exact) mass is 260 g/mol. The first kappa shape index (κ1) is 13.0. The van der Waals surface area contributed by atoms with E-state index in [1.807, 2.05) is 12.3 Å². The fraction of sp³-hybridized carbons (Fsp3) is 0.667. The summed E-state index contributed by atoms with van der Waals surface area (Å²) in [5.41, 5.74) is 8.14. The van der Waals surface area contributed by atoms with Crippen LogP contribution in [-0.4, -0.2) is 47.0 Å². The molecule has 1 aromatic rings. The van der Waals surface area contributed by atoms with E-state index in [9.17, 15) is 0 Å². The Morgan fingerprint density at radius 2 is 2.16 bits per heavy atom. The summed E-state index contributed by atoms with van der Waals surface area (Å²) in [5.74, 6) is 0. The fourth-order valence-corrected chi connectivity index (χ4v) is 3.47. The Morgan fingerprint density at radius 3 is 3.05 bits per heavy atom. The Morgan fingerprint density at radius 1 is 1.26 bits per heavy atom. The molecule has 0 amide bonds. The second-order valence-corrected chi connectivity index (χ2v) is 5.73. The van der Waals surface area contributed by atoms with Crippen LogP contribution in [-0.2, 0) is 13.1 Å². The molecule has 2 aliphatic rings. The first-order valence-electron chi connectivity index (χ1n) is 7.46. The SMILES string of the molecule is NCc1ncccc1CN1CCCN2CCCC2C1. The average molecular weight is 260 g/mol. The molecule has 0 spiro atoms. The summed E-state index contributed by atoms with van der Waals surface area (Å²) >= 11 is 0. The molecule has 0 radical (unpaired) electrons. The molecule has 0 aromatic carbocycles. The molecule has 2 fully saturated rings. The molecule has 4 heteroatoms. The van der Waals surface area contributed by atoms with Gasteiger partial charge >= 0.3 is 0 Å². The first-order chi connectivity index (χ1) is 9.36. The minimum absolute atomic E-state index is 0.541. The zero-order valence-corrected chi connectivity index (χ0v) is 11.6. The normalized spacial score (nSPS) is 25.2. The number of nitrogens with two attached hydrogens (primary N) is 1. The van der Waals surface area contributed by atoms with E-state index in [0.29, 0.717) is 6.54 Å². The third-order valence-corrected chi connectivity index (χ3v) is 4.46. The molecule has 104 valence electrons. The van der Waals surface area contributed by atoms with E-state index in [2.05, 4.69) is 20.9 Å². The van der Waals surface area contributed by atoms with Gasteiger partial charge in [-0.15, -0.1) is 0 Å². The Kier molecular flexibility index (Phi) is 4.11. The van der Waals surface area contributed by atoms with Crippen LogP contribution in [0.15, 0.2) is 18.3 Å². The third kappa shape index (κ3) is 2.96. The Hall–Kier alpha value is -0.970. The first-order valence-corrected chi connectivity index (χ1v) is 7.46. The zero-order chi connectivity index (χ0) is 13.1. The van der Waals surface area contributed by atoms with Crippen molar-refractivity contribution < 1.29 is 0 Å². The largest absolute Gasteiger partial charge is 0.325 e. The standard InChI is InChI=1S/C15H24N4/c16-10-15-13(4-1-6-17-15)11-18-7-3-9-19-8-2-5-14(19)12-18/h1,4,6,14H,2-3,5,7-12,16H2. The van der Waals surface area contributed by atoms with E-state index in [4.69, 9.17) is 5.73 Å². The van der Waals surface area contributed by atoms with Gasteiger partial charge in [0.05, 0.1) is 5.69 Å². The number of hydrogen-bond acceptors (Lipinski definition) is 4. The second kappa shape index (κ2) is 5.99. The summed E-state index contributed by atoms with van der Waals surface area (Å²) in [6.45, 7) is 6.53. The summed E-state index contributed by atoms with van der Waals surface area (Å²) in [6.07, 6.45) is 5.87. The minimum atomic E-state index is 0.541. The maximum atomic E-state index is 5.78. The third-order valence-electron chi connectivity index (χ3n) is 4.46. The van der Waals surface area contributed by atoms with Crippen molar-refractivity contribution in [3.8, 4) is 0 Å². The molecule has 19 heavy (non-hydrogen) atoms. The summed E-state index contributed by atoms with van der Waals surface area (Å²) in [7, 11) is 0. The van der Waals surface area contributed by atoms with E-state index in [1.54, 1.807) is 0 Å². The van der Waals surface area contributed by atoms with E-state index in [-0.39, 0.29) is 0 Å². The van der Waals surface area contributed by atoms with Crippen LogP contribution in [0.25, 0.3) is 0 Å². The molecule has 2 saturated heterocycles. The molecule has 2 aliphatic heterocycles. The lowest BCUT2D eigenvalue weighted by Crippen LogP contribution is -2.36. The van der Waals surface area contributed by atoms with Crippen molar-refractivity contribution in [1.29, 1.82) is 0 Å². The maximum Gasteiger partial charge on any atom is 0.0584 e. The lowest BCUT2D eigenvalue weighted by molar-refractivity contribution is 0.215. The van der Waals surface area contributed by atoms with Gasteiger partial charge in [0.2, 0.25) is 0 Å². The minimum Gasteiger partial charge on any atom is -0.325 e. The van der Waals surface area contributed by atoms with Crippen molar-refractivity contribution in [3.05, 3.63) is 29.6 Å². The summed E-state index contributed by atoms with van der Waals surface area (Å²) in [4.78, 5) is 9.65. The molecule has 3 rings (SSSR count). The lowest BCUT2D eigenvalue weighted by atomic mass is 10.1. The van der Waals surface area contributed by atoms with Gasteiger partial charge in [-0.05, 0) is 50.5 Å². The van der Waals surface area contributed by atoms with Crippen LogP contribution < -0.4 is 5.73 Å². The maximum absolute atomic E-state index is 5.78. The van der Waals surface area contributed by atoms with Crippen LogP contribution in [0.5, 0.6) is 0 Å². The van der Waals surface area contributed by atoms with Crippen LogP contribution in [0.1, 0.15) is 30.5 Å². The van der Waals surface area contributed by atoms with Crippen molar-refractivity contribution in [2.75, 3.05) is 26.2 Å². The van der Waals surface area contributed by atoms with Crippen molar-refractivity contribution in [1.82, 2.24) is 14.8 Å². The van der Waals surface area contributed by atoms with Crippen molar-refractivity contribution >= 4 is 0 Å². The van der Waals surface area contributed by atoms with Crippen LogP contribution >= 0.6 is 0 Å². The molecule has 1 atom stereocenters. The fourth-order valence-electron chi connectivity index (χ4n) is 3.47. The van der Waals surface area contributed by atoms with Crippen LogP contribution in [0.3, 0.4) is 0 Å². The van der Waals surface area contributed by atoms with Crippen LogP contribution in [0.2, 0.25) is 0 Å². The Balaban J connectivity index is 1.68. The molecule has 0 saturated carbocycles. The van der Waals surface area contributed by atoms with Crippen LogP contribution in [0, 0.1) is 0 Å². The number of hydrogen-bond donors (Lipinski definition) is 1. The summed E-state index contributed by atoms with van der Waals surface area (Å²) < 4.78 is 0. The molecule has 3 heterocycles. The average Bonchev–Trinajstić information content (AvgIpc) is 2.78. The number of rotatable bonds is 3. The lowest BCUT2D eigenvalue weighted by Gasteiger charge is -2.26. The second-order valence-electron chi connectivity index (χ2n) is 5.73. The van der Waals surface area contributed by atoms with Gasteiger partial charge < -0.3 is 5.73 Å². The van der Waals surface area contributed by atoms with Gasteiger partial charge in [0, 0.05) is 31.9 Å². The number of pyridine rings is 1. The highest BCUT2D eigenvalue weighted by atomic mass is 15.3. The molecule has 0 bridgehead atoms. The van der Waals surface area contributed by atoms with Gasteiger partial charge in [0.1, 0.15) is 0 Å². The van der Waals surface area contributed by atoms with Crippen LogP contribution in [0.4, 0.5) is 0 Å². The van der Waals surface area contributed by atoms with E-state index in [0.717, 1.165) is 18.3 Å². The summed E-state index contributed by atoms with van der Waals surface area (Å²) in [5, 5.41) is 0. The molecule has 2 N–H and O–H groups in total. The molecular formula is C15H24N4. The van der Waals surface area contributed by atoms with Crippen molar-refractivity contribution in [2.24, 2.45) is 5.73 Å². The Bertz CT molecular complexity index is 420. The quantitative estimate of drug-likeness (QED) is 0.887. The molecule has 4 nitrogen and oxygen atoms in total. The molecule has 1 aromatic heterocycles. The van der Waals surface area contributed by atoms with Gasteiger partial charge in [-0.25, -0.2) is 0 Å². The highest BCUT2D eigenvalue weighted by molar-refractivity contribution is 5.19. The number of aromatic nitrogens is 1. The van der Waals surface area contributed by atoms with Gasteiger partial charge in [-0.2, -0.15) is 0 Å². The molecule has 1 unspecified atom stereocenters. The smallest absolute Gasteiger partial charge is 0.0584 e. The highest BCUT2D eigenvalue weighted by Gasteiger charge is 2.28. The highest BCUT2D eigenvalue weighted by Crippen LogP contribution is 2.22. The van der Waals surface area contributed by atoms with Gasteiger partial charge in [-0.1, -0.05) is 6.07 Å². The van der Waals surface area contributed by atoms with Gasteiger partial charge in [-0.3, -0.25) is 14.8 Å². The number of fused-ring (bicyclic) bond motifs is 1. The summed E-state index contributed by atoms with van der Waals surface area (Å²) in [6, 6.07) is 4.97. The molecular weight excluding hydrogens is 236 g/mol. The predicted octanol–water partition coefficient (Wildman–Crippen LogP) is 1.21. The van der Waals surface area contributed by atoms with E-state index < -0.39 is 0 Å². The van der Waals surface area contributed by atoms with Gasteiger partial charge in [0.15, 0.2) is 0 Å². The Labute approximate surface area is 115 Å². The topological polar surface area (TPSA) is 45.4 Å².